The lowest BCUT2D eigenvalue weighted by Gasteiger charge is -2.16. The summed E-state index contributed by atoms with van der Waals surface area (Å²) < 4.78 is 11.8. The number of aliphatic carboxylic acids is 1. The molecule has 138 valence electrons. The second kappa shape index (κ2) is 8.92. The quantitative estimate of drug-likeness (QED) is 0.738. The molecule has 2 aromatic carbocycles. The summed E-state index contributed by atoms with van der Waals surface area (Å²) >= 11 is 5.87. The maximum absolute atomic E-state index is 10.6. The Morgan fingerprint density at radius 3 is 2.35 bits per heavy atom. The molecule has 5 nitrogen and oxygen atoms in total. The topological polar surface area (TPSA) is 59.0 Å². The Bertz CT molecular complexity index is 718. The van der Waals surface area contributed by atoms with Crippen LogP contribution >= 0.6 is 11.6 Å². The highest BCUT2D eigenvalue weighted by atomic mass is 35.5. The van der Waals surface area contributed by atoms with Crippen LogP contribution in [0.5, 0.6) is 17.2 Å². The van der Waals surface area contributed by atoms with Gasteiger partial charge in [-0.15, -0.1) is 0 Å². The van der Waals surface area contributed by atoms with Crippen LogP contribution in [0.1, 0.15) is 19.3 Å². The van der Waals surface area contributed by atoms with Crippen LogP contribution in [-0.2, 0) is 4.79 Å². The molecule has 0 saturated carbocycles. The minimum Gasteiger partial charge on any atom is -0.489 e. The summed E-state index contributed by atoms with van der Waals surface area (Å²) in [5, 5.41) is 9.38. The second-order valence-electron chi connectivity index (χ2n) is 6.35. The van der Waals surface area contributed by atoms with Crippen LogP contribution in [0.25, 0.3) is 0 Å². The fraction of sp³-hybridized carbons (Fsp3) is 0.350. The fourth-order valence-electron chi connectivity index (χ4n) is 2.97. The molecule has 0 bridgehead atoms. The Labute approximate surface area is 158 Å². The van der Waals surface area contributed by atoms with Gasteiger partial charge in [-0.05, 0) is 67.9 Å². The standard InChI is InChI=1S/C20H22ClNO4/c21-15-3-5-16(6-4-15)25-17-7-9-18(10-8-17)26-19-11-13-22(14-19)12-1-2-20(23)24/h3-10,19H,1-2,11-14H2,(H,23,24)/t19-/m0/s1. The van der Waals surface area contributed by atoms with Gasteiger partial charge in [0.1, 0.15) is 23.4 Å². The molecular formula is C20H22ClNO4. The number of nitrogens with zero attached hydrogens (tertiary/aromatic N) is 1. The van der Waals surface area contributed by atoms with Crippen molar-refractivity contribution in [2.45, 2.75) is 25.4 Å². The number of carboxylic acid groups (broad SMARTS) is 1. The summed E-state index contributed by atoms with van der Waals surface area (Å²) in [5.41, 5.74) is 0. The van der Waals surface area contributed by atoms with Gasteiger partial charge >= 0.3 is 5.97 Å². The average molecular weight is 376 g/mol. The summed E-state index contributed by atoms with van der Waals surface area (Å²) in [6.45, 7) is 2.59. The van der Waals surface area contributed by atoms with Crippen molar-refractivity contribution in [2.24, 2.45) is 0 Å². The number of ether oxygens (including phenoxy) is 2. The number of carboxylic acids is 1. The summed E-state index contributed by atoms with van der Waals surface area (Å²) in [7, 11) is 0. The molecule has 1 fully saturated rings. The third kappa shape index (κ3) is 5.64. The van der Waals surface area contributed by atoms with E-state index in [1.54, 1.807) is 12.1 Å². The van der Waals surface area contributed by atoms with E-state index < -0.39 is 5.97 Å². The van der Waals surface area contributed by atoms with Gasteiger partial charge in [-0.1, -0.05) is 11.6 Å². The molecule has 2 aromatic rings. The Balaban J connectivity index is 1.45. The molecule has 3 rings (SSSR count). The smallest absolute Gasteiger partial charge is 0.303 e. The number of hydrogen-bond acceptors (Lipinski definition) is 4. The van der Waals surface area contributed by atoms with Gasteiger partial charge in [-0.3, -0.25) is 9.69 Å². The monoisotopic (exact) mass is 375 g/mol. The molecule has 0 unspecified atom stereocenters. The van der Waals surface area contributed by atoms with Crippen molar-refractivity contribution in [3.05, 3.63) is 53.6 Å². The zero-order chi connectivity index (χ0) is 18.4. The van der Waals surface area contributed by atoms with Crippen molar-refractivity contribution < 1.29 is 19.4 Å². The second-order valence-corrected chi connectivity index (χ2v) is 6.79. The van der Waals surface area contributed by atoms with E-state index in [-0.39, 0.29) is 12.5 Å². The normalized spacial score (nSPS) is 17.2. The first-order valence-electron chi connectivity index (χ1n) is 8.73. The Kier molecular flexibility index (Phi) is 6.36. The van der Waals surface area contributed by atoms with Gasteiger partial charge in [0.25, 0.3) is 0 Å². The van der Waals surface area contributed by atoms with Gasteiger partial charge in [0.15, 0.2) is 0 Å². The van der Waals surface area contributed by atoms with Crippen molar-refractivity contribution in [3.8, 4) is 17.2 Å². The van der Waals surface area contributed by atoms with Crippen molar-refractivity contribution in [1.82, 2.24) is 4.90 Å². The Hall–Kier alpha value is -2.24. The summed E-state index contributed by atoms with van der Waals surface area (Å²) in [6, 6.07) is 14.8. The fourth-order valence-corrected chi connectivity index (χ4v) is 3.09. The van der Waals surface area contributed by atoms with Crippen LogP contribution in [-0.4, -0.2) is 41.7 Å². The maximum atomic E-state index is 10.6. The first-order valence-corrected chi connectivity index (χ1v) is 9.10. The largest absolute Gasteiger partial charge is 0.489 e. The highest BCUT2D eigenvalue weighted by molar-refractivity contribution is 6.30. The van der Waals surface area contributed by atoms with E-state index in [0.717, 1.165) is 43.3 Å². The van der Waals surface area contributed by atoms with Crippen LogP contribution in [0, 0.1) is 0 Å². The number of carbonyl (C=O) groups is 1. The number of rotatable bonds is 8. The van der Waals surface area contributed by atoms with E-state index in [0.29, 0.717) is 11.4 Å². The molecule has 1 atom stereocenters. The molecule has 0 aliphatic carbocycles. The van der Waals surface area contributed by atoms with Crippen molar-refractivity contribution in [2.75, 3.05) is 19.6 Å². The van der Waals surface area contributed by atoms with Crippen molar-refractivity contribution in [1.29, 1.82) is 0 Å². The number of hydrogen-bond donors (Lipinski definition) is 1. The number of benzene rings is 2. The summed E-state index contributed by atoms with van der Waals surface area (Å²) in [4.78, 5) is 12.8. The molecule has 0 amide bonds. The van der Waals surface area contributed by atoms with Crippen LogP contribution in [0.15, 0.2) is 48.5 Å². The van der Waals surface area contributed by atoms with E-state index in [9.17, 15) is 4.79 Å². The molecule has 1 saturated heterocycles. The third-order valence-corrected chi connectivity index (χ3v) is 4.52. The first-order chi connectivity index (χ1) is 12.6. The van der Waals surface area contributed by atoms with Crippen molar-refractivity contribution in [3.63, 3.8) is 0 Å². The molecule has 6 heteroatoms. The van der Waals surface area contributed by atoms with E-state index in [1.165, 1.54) is 0 Å². The lowest BCUT2D eigenvalue weighted by molar-refractivity contribution is -0.137. The lowest BCUT2D eigenvalue weighted by atomic mass is 10.3. The van der Waals surface area contributed by atoms with Crippen LogP contribution < -0.4 is 9.47 Å². The SMILES string of the molecule is O=C(O)CCCN1CC[C@H](Oc2ccc(Oc3ccc(Cl)cc3)cc2)C1. The van der Waals surface area contributed by atoms with E-state index >= 15 is 0 Å². The molecule has 26 heavy (non-hydrogen) atoms. The molecule has 1 aliphatic heterocycles. The zero-order valence-corrected chi connectivity index (χ0v) is 15.2. The van der Waals surface area contributed by atoms with Crippen LogP contribution in [0.4, 0.5) is 0 Å². The minimum absolute atomic E-state index is 0.142. The molecular weight excluding hydrogens is 354 g/mol. The molecule has 0 aromatic heterocycles. The Morgan fingerprint density at radius 1 is 1.08 bits per heavy atom. The van der Waals surface area contributed by atoms with Crippen LogP contribution in [0.3, 0.4) is 0 Å². The Morgan fingerprint density at radius 2 is 1.69 bits per heavy atom. The highest BCUT2D eigenvalue weighted by Gasteiger charge is 2.23. The van der Waals surface area contributed by atoms with E-state index in [2.05, 4.69) is 4.90 Å². The van der Waals surface area contributed by atoms with Gasteiger partial charge in [0.2, 0.25) is 0 Å². The summed E-state index contributed by atoms with van der Waals surface area (Å²) in [5.74, 6) is 1.54. The van der Waals surface area contributed by atoms with Gasteiger partial charge in [0, 0.05) is 24.5 Å². The molecule has 1 heterocycles. The van der Waals surface area contributed by atoms with Crippen LogP contribution in [0.2, 0.25) is 5.02 Å². The predicted octanol–water partition coefficient (Wildman–Crippen LogP) is 4.45. The average Bonchev–Trinajstić information content (AvgIpc) is 3.06. The first kappa shape index (κ1) is 18.5. The molecule has 0 radical (unpaired) electrons. The van der Waals surface area contributed by atoms with Gasteiger partial charge in [-0.25, -0.2) is 0 Å². The predicted molar refractivity (Wildman–Crippen MR) is 100 cm³/mol. The summed E-state index contributed by atoms with van der Waals surface area (Å²) in [6.07, 6.45) is 1.99. The lowest BCUT2D eigenvalue weighted by Crippen LogP contribution is -2.26. The van der Waals surface area contributed by atoms with Crippen molar-refractivity contribution >= 4 is 17.6 Å². The zero-order valence-electron chi connectivity index (χ0n) is 14.4. The minimum atomic E-state index is -0.738. The molecule has 1 N–H and O–H groups in total. The highest BCUT2D eigenvalue weighted by Crippen LogP contribution is 2.26. The van der Waals surface area contributed by atoms with E-state index in [1.807, 2.05) is 36.4 Å². The number of halogens is 1. The molecule has 1 aliphatic rings. The van der Waals surface area contributed by atoms with Gasteiger partial charge in [0.05, 0.1) is 0 Å². The van der Waals surface area contributed by atoms with Gasteiger partial charge < -0.3 is 14.6 Å². The number of likely N-dealkylation sites (tertiary alicyclic amines) is 1. The van der Waals surface area contributed by atoms with E-state index in [4.69, 9.17) is 26.2 Å². The maximum Gasteiger partial charge on any atom is 0.303 e. The van der Waals surface area contributed by atoms with Gasteiger partial charge in [-0.2, -0.15) is 0 Å². The third-order valence-electron chi connectivity index (χ3n) is 4.27. The molecule has 0 spiro atoms.